The molecular formula is C38H29ClN4O3S2. The van der Waals surface area contributed by atoms with Gasteiger partial charge in [0.1, 0.15) is 12.3 Å². The van der Waals surface area contributed by atoms with Gasteiger partial charge in [-0.15, -0.1) is 11.8 Å². The minimum Gasteiger partial charge on any atom is -0.457 e. The molecule has 1 aliphatic heterocycles. The summed E-state index contributed by atoms with van der Waals surface area (Å²) in [6.45, 7) is 1.90. The number of thiazole rings is 1. The number of thioether (sulfide) groups is 1. The monoisotopic (exact) mass is 688 g/mol. The average Bonchev–Trinajstić information content (AvgIpc) is 3.68. The molecule has 0 spiro atoms. The van der Waals surface area contributed by atoms with E-state index in [1.165, 1.54) is 11.3 Å². The summed E-state index contributed by atoms with van der Waals surface area (Å²) in [5.74, 6) is -0.512. The van der Waals surface area contributed by atoms with Gasteiger partial charge in [0, 0.05) is 27.2 Å². The van der Waals surface area contributed by atoms with Crippen LogP contribution in [0.5, 0.6) is 0 Å². The SMILES string of the molecule is CSc1ccc(C2C(C(=O)OCc3ccccc3)=C(C)N=c3sc(=Cc4cn(-c5ccccc5)nc4-c4ccc(Cl)cc4)c(=O)n32)cc1. The first-order valence-electron chi connectivity index (χ1n) is 15.2. The molecule has 1 unspecified atom stereocenters. The zero-order chi connectivity index (χ0) is 33.2. The second-order valence-corrected chi connectivity index (χ2v) is 13.5. The average molecular weight is 689 g/mol. The first-order valence-corrected chi connectivity index (χ1v) is 17.6. The van der Waals surface area contributed by atoms with Crippen molar-refractivity contribution in [2.24, 2.45) is 4.99 Å². The molecule has 7 rings (SSSR count). The van der Waals surface area contributed by atoms with Gasteiger partial charge in [0.15, 0.2) is 4.80 Å². The molecule has 1 atom stereocenters. The zero-order valence-corrected chi connectivity index (χ0v) is 28.4. The van der Waals surface area contributed by atoms with Crippen LogP contribution in [0.1, 0.15) is 29.7 Å². The molecule has 4 aromatic carbocycles. The largest absolute Gasteiger partial charge is 0.457 e. The van der Waals surface area contributed by atoms with Gasteiger partial charge in [-0.2, -0.15) is 5.10 Å². The number of ether oxygens (including phenoxy) is 1. The Kier molecular flexibility index (Phi) is 8.99. The van der Waals surface area contributed by atoms with Gasteiger partial charge in [0.25, 0.3) is 5.56 Å². The number of nitrogens with zero attached hydrogens (tertiary/aromatic N) is 4. The van der Waals surface area contributed by atoms with E-state index < -0.39 is 12.0 Å². The van der Waals surface area contributed by atoms with E-state index in [9.17, 15) is 9.59 Å². The number of rotatable bonds is 8. The number of carbonyl (C=O) groups excluding carboxylic acids is 1. The van der Waals surface area contributed by atoms with Crippen molar-refractivity contribution in [2.45, 2.75) is 24.5 Å². The molecule has 48 heavy (non-hydrogen) atoms. The molecular weight excluding hydrogens is 660 g/mol. The van der Waals surface area contributed by atoms with Gasteiger partial charge in [-0.3, -0.25) is 9.36 Å². The van der Waals surface area contributed by atoms with Gasteiger partial charge in [-0.1, -0.05) is 95.7 Å². The van der Waals surface area contributed by atoms with Crippen molar-refractivity contribution in [1.29, 1.82) is 0 Å². The fourth-order valence-electron chi connectivity index (χ4n) is 5.66. The Hall–Kier alpha value is -4.96. The first kappa shape index (κ1) is 31.6. The third kappa shape index (κ3) is 6.32. The molecule has 0 radical (unpaired) electrons. The lowest BCUT2D eigenvalue weighted by Crippen LogP contribution is -2.39. The maximum Gasteiger partial charge on any atom is 0.338 e. The normalized spacial score (nSPS) is 14.5. The first-order chi connectivity index (χ1) is 23.4. The van der Waals surface area contributed by atoms with E-state index in [0.717, 1.165) is 32.8 Å². The number of benzene rings is 4. The van der Waals surface area contributed by atoms with Crippen molar-refractivity contribution >= 4 is 46.7 Å². The Bertz CT molecular complexity index is 2330. The minimum atomic E-state index is -0.717. The van der Waals surface area contributed by atoms with Crippen LogP contribution >= 0.6 is 34.7 Å². The topological polar surface area (TPSA) is 78.5 Å². The van der Waals surface area contributed by atoms with Gasteiger partial charge in [-0.05, 0) is 66.8 Å². The lowest BCUT2D eigenvalue weighted by atomic mass is 9.96. The third-order valence-electron chi connectivity index (χ3n) is 8.05. The molecule has 0 saturated carbocycles. The molecule has 1 aliphatic rings. The second kappa shape index (κ2) is 13.6. The predicted octanol–water partition coefficient (Wildman–Crippen LogP) is 7.21. The van der Waals surface area contributed by atoms with Crippen LogP contribution < -0.4 is 14.9 Å². The molecule has 0 N–H and O–H groups in total. The van der Waals surface area contributed by atoms with Crippen LogP contribution in [0, 0.1) is 0 Å². The number of esters is 1. The van der Waals surface area contributed by atoms with E-state index in [0.29, 0.717) is 31.3 Å². The summed E-state index contributed by atoms with van der Waals surface area (Å²) in [5.41, 5.74) is 5.45. The maximum absolute atomic E-state index is 14.4. The Morgan fingerprint density at radius 1 is 0.958 bits per heavy atom. The molecule has 3 heterocycles. The van der Waals surface area contributed by atoms with Gasteiger partial charge in [-0.25, -0.2) is 14.5 Å². The predicted molar refractivity (Wildman–Crippen MR) is 192 cm³/mol. The van der Waals surface area contributed by atoms with Gasteiger partial charge < -0.3 is 4.74 Å². The van der Waals surface area contributed by atoms with Crippen molar-refractivity contribution in [3.8, 4) is 16.9 Å². The summed E-state index contributed by atoms with van der Waals surface area (Å²) in [6, 6.07) is 34.0. The highest BCUT2D eigenvalue weighted by molar-refractivity contribution is 7.98. The van der Waals surface area contributed by atoms with Crippen LogP contribution in [0.4, 0.5) is 0 Å². The Labute approximate surface area is 290 Å². The van der Waals surface area contributed by atoms with Crippen LogP contribution in [0.25, 0.3) is 23.0 Å². The Morgan fingerprint density at radius 2 is 1.65 bits per heavy atom. The fourth-order valence-corrected chi connectivity index (χ4v) is 7.24. The Morgan fingerprint density at radius 3 is 2.33 bits per heavy atom. The summed E-state index contributed by atoms with van der Waals surface area (Å²) in [4.78, 5) is 34.6. The lowest BCUT2D eigenvalue weighted by molar-refractivity contribution is -0.140. The van der Waals surface area contributed by atoms with E-state index in [1.54, 1.807) is 27.9 Å². The van der Waals surface area contributed by atoms with Crippen molar-refractivity contribution in [3.63, 3.8) is 0 Å². The van der Waals surface area contributed by atoms with Gasteiger partial charge in [0.2, 0.25) is 0 Å². The van der Waals surface area contributed by atoms with Crippen LogP contribution in [0.2, 0.25) is 5.02 Å². The number of aromatic nitrogens is 3. The molecule has 0 amide bonds. The summed E-state index contributed by atoms with van der Waals surface area (Å²) in [5, 5.41) is 5.52. The molecule has 0 bridgehead atoms. The molecule has 10 heteroatoms. The van der Waals surface area contributed by atoms with Gasteiger partial charge in [0.05, 0.1) is 27.5 Å². The number of hydrogen-bond acceptors (Lipinski definition) is 7. The minimum absolute atomic E-state index is 0.109. The summed E-state index contributed by atoms with van der Waals surface area (Å²) in [6.07, 6.45) is 5.77. The number of para-hydroxylation sites is 1. The smallest absolute Gasteiger partial charge is 0.338 e. The highest BCUT2D eigenvalue weighted by Gasteiger charge is 2.33. The van der Waals surface area contributed by atoms with Crippen LogP contribution in [0.15, 0.2) is 141 Å². The molecule has 0 fully saturated rings. The van der Waals surface area contributed by atoms with E-state index in [-0.39, 0.29) is 12.2 Å². The zero-order valence-electron chi connectivity index (χ0n) is 26.0. The molecule has 238 valence electrons. The molecule has 2 aromatic heterocycles. The van der Waals surface area contributed by atoms with Crippen molar-refractivity contribution in [2.75, 3.05) is 6.26 Å². The van der Waals surface area contributed by atoms with Gasteiger partial charge >= 0.3 is 5.97 Å². The third-order valence-corrected chi connectivity index (χ3v) is 10.0. The Balaban J connectivity index is 1.36. The molecule has 7 nitrogen and oxygen atoms in total. The van der Waals surface area contributed by atoms with Crippen LogP contribution in [0.3, 0.4) is 0 Å². The summed E-state index contributed by atoms with van der Waals surface area (Å²) >= 11 is 9.11. The van der Waals surface area contributed by atoms with Crippen molar-refractivity contribution in [3.05, 3.63) is 168 Å². The number of carbonyl (C=O) groups is 1. The number of hydrogen-bond donors (Lipinski definition) is 0. The maximum atomic E-state index is 14.4. The van der Waals surface area contributed by atoms with Crippen molar-refractivity contribution < 1.29 is 9.53 Å². The number of fused-ring (bicyclic) bond motifs is 1. The highest BCUT2D eigenvalue weighted by Crippen LogP contribution is 2.32. The van der Waals surface area contributed by atoms with E-state index >= 15 is 0 Å². The standard InChI is InChI=1S/C38H29ClN4O3S2/c1-24-33(37(45)46-23-25-9-5-3-6-10-25)35(27-15-19-31(47-2)20-16-27)43-36(44)32(48-38(43)40-24)21-28-22-42(30-11-7-4-8-12-30)41-34(28)26-13-17-29(39)18-14-26/h3-22,35H,23H2,1-2H3. The number of allylic oxidation sites excluding steroid dienone is 1. The van der Waals surface area contributed by atoms with E-state index in [2.05, 4.69) is 0 Å². The van der Waals surface area contributed by atoms with Crippen LogP contribution in [-0.4, -0.2) is 26.6 Å². The molecule has 0 aliphatic carbocycles. The lowest BCUT2D eigenvalue weighted by Gasteiger charge is -2.25. The summed E-state index contributed by atoms with van der Waals surface area (Å²) in [7, 11) is 0. The second-order valence-electron chi connectivity index (χ2n) is 11.1. The quantitative estimate of drug-likeness (QED) is 0.125. The molecule has 0 saturated heterocycles. The van der Waals surface area contributed by atoms with Crippen LogP contribution in [-0.2, 0) is 16.1 Å². The highest BCUT2D eigenvalue weighted by atomic mass is 35.5. The molecule has 6 aromatic rings. The summed E-state index contributed by atoms with van der Waals surface area (Å²) < 4.78 is 9.69. The fraction of sp³-hybridized carbons (Fsp3) is 0.105. The number of halogens is 1. The van der Waals surface area contributed by atoms with Crippen molar-refractivity contribution in [1.82, 2.24) is 14.3 Å². The van der Waals surface area contributed by atoms with E-state index in [4.69, 9.17) is 26.4 Å². The van der Waals surface area contributed by atoms with E-state index in [1.807, 2.05) is 128 Å².